The van der Waals surface area contributed by atoms with Crippen molar-refractivity contribution in [1.29, 1.82) is 0 Å². The summed E-state index contributed by atoms with van der Waals surface area (Å²) < 4.78 is 19.5. The predicted octanol–water partition coefficient (Wildman–Crippen LogP) is 15.3. The first-order chi connectivity index (χ1) is 39.0. The van der Waals surface area contributed by atoms with Crippen molar-refractivity contribution in [2.45, 2.75) is 70.3 Å². The van der Waals surface area contributed by atoms with E-state index in [0.29, 0.717) is 59.0 Å². The van der Waals surface area contributed by atoms with E-state index in [1.165, 1.54) is 16.7 Å². The second-order valence-corrected chi connectivity index (χ2v) is 25.8. The molecule has 0 spiro atoms. The molecule has 3 aliphatic rings. The summed E-state index contributed by atoms with van der Waals surface area (Å²) in [6, 6.07) is 39.2. The molecule has 0 aromatic heterocycles. The van der Waals surface area contributed by atoms with Crippen molar-refractivity contribution in [1.82, 2.24) is 0 Å². The summed E-state index contributed by atoms with van der Waals surface area (Å²) in [7, 11) is 13.5. The Morgan fingerprint density at radius 2 is 0.780 bits per heavy atom. The highest BCUT2D eigenvalue weighted by molar-refractivity contribution is 6.43. The standard InChI is InChI=1S/C22H26Cl2N2O2.2C21H24Cl2N2O2/c1-26(2,15-17-9-11-28-12-10-17)14-16-3-6-19(7-4-16)25-22(27)18-5-8-20(23)21(24)13-18;1-25(2,18-9-11-27-12-10-18)14-15-3-6-17(7-4-15)24-21(26)16-5-8-19(22)20(23)13-16;1-25(2,14-18-4-3-11-27-18)13-15-5-8-17(9-6-15)24-21(26)16-7-10-19(22)20(23)12-16/h3-8,13,17H,9-12,14-15H2,1-2H3;3-8,13,18H,9-12,14H2,1-2H3;5-10,12,18H,3-4,11,13-14H2,1-2H3/p+3/t;;18-/m..1/s1. The van der Waals surface area contributed by atoms with E-state index in [9.17, 15) is 14.4 Å². The second kappa shape index (κ2) is 30.3. The molecule has 3 amide bonds. The van der Waals surface area contributed by atoms with Crippen LogP contribution < -0.4 is 16.0 Å². The maximum atomic E-state index is 12.4. The van der Waals surface area contributed by atoms with Gasteiger partial charge in [-0.3, -0.25) is 14.4 Å². The smallest absolute Gasteiger partial charge is 0.255 e. The van der Waals surface area contributed by atoms with E-state index in [0.717, 1.165) is 141 Å². The molecule has 82 heavy (non-hydrogen) atoms. The average Bonchev–Trinajstić information content (AvgIpc) is 3.98. The van der Waals surface area contributed by atoms with Gasteiger partial charge in [0.25, 0.3) is 17.7 Å². The van der Waals surface area contributed by atoms with Gasteiger partial charge in [0.2, 0.25) is 0 Å². The number of hydrogen-bond donors (Lipinski definition) is 3. The number of carbonyl (C=O) groups excluding carboxylic acids is 3. The molecule has 9 rings (SSSR count). The molecule has 3 saturated heterocycles. The maximum absolute atomic E-state index is 12.4. The molecule has 0 aliphatic carbocycles. The summed E-state index contributed by atoms with van der Waals surface area (Å²) >= 11 is 35.7. The fraction of sp³-hybridized carbons (Fsp3) is 0.391. The lowest BCUT2D eigenvalue weighted by atomic mass is 9.98. The number of hydrogen-bond acceptors (Lipinski definition) is 6. The minimum Gasteiger partial charge on any atom is -0.381 e. The van der Waals surface area contributed by atoms with Crippen molar-refractivity contribution >= 4 is 104 Å². The van der Waals surface area contributed by atoms with E-state index in [1.807, 2.05) is 36.4 Å². The molecule has 6 aromatic rings. The number of carbonyl (C=O) groups is 3. The van der Waals surface area contributed by atoms with E-state index < -0.39 is 0 Å². The number of likely N-dealkylation sites (N-methyl/N-ethyl adjacent to an activating group) is 1. The SMILES string of the molecule is C[N+](C)(Cc1ccc(NC(=O)c2ccc(Cl)c(Cl)c2)cc1)C1CCOCC1.C[N+](C)(Cc1ccc(NC(=O)c2ccc(Cl)c(Cl)c2)cc1)CC1CCOCC1.C[N+](C)(Cc1ccc(NC(=O)c2ccc(Cl)c(Cl)c2)cc1)C[C@H]1CCCO1. The van der Waals surface area contributed by atoms with Gasteiger partial charge in [-0.05, 0) is 117 Å². The number of halogens is 6. The lowest BCUT2D eigenvalue weighted by Crippen LogP contribution is -2.50. The Morgan fingerprint density at radius 3 is 1.13 bits per heavy atom. The summed E-state index contributed by atoms with van der Waals surface area (Å²) in [6.45, 7) is 9.35. The quantitative estimate of drug-likeness (QED) is 0.0784. The zero-order chi connectivity index (χ0) is 59.0. The number of nitrogens with zero attached hydrogens (tertiary/aromatic N) is 3. The topological polar surface area (TPSA) is 115 Å². The van der Waals surface area contributed by atoms with Crippen LogP contribution in [0.15, 0.2) is 127 Å². The van der Waals surface area contributed by atoms with Gasteiger partial charge >= 0.3 is 0 Å². The van der Waals surface area contributed by atoms with E-state index in [1.54, 1.807) is 54.6 Å². The van der Waals surface area contributed by atoms with E-state index >= 15 is 0 Å². The summed E-state index contributed by atoms with van der Waals surface area (Å²) in [6.07, 6.45) is 7.20. The molecule has 0 radical (unpaired) electrons. The van der Waals surface area contributed by atoms with Gasteiger partial charge in [0.1, 0.15) is 32.3 Å². The molecule has 3 N–H and O–H groups in total. The zero-order valence-electron chi connectivity index (χ0n) is 47.7. The number of nitrogens with one attached hydrogen (secondary N) is 3. The third kappa shape index (κ3) is 20.5. The first-order valence-electron chi connectivity index (χ1n) is 27.8. The van der Waals surface area contributed by atoms with Gasteiger partial charge in [-0.1, -0.05) is 106 Å². The second-order valence-electron chi connectivity index (χ2n) is 23.4. The molecule has 3 heterocycles. The largest absolute Gasteiger partial charge is 0.381 e. The van der Waals surface area contributed by atoms with Gasteiger partial charge in [-0.15, -0.1) is 0 Å². The molecule has 1 atom stereocenters. The first kappa shape index (κ1) is 64.8. The fourth-order valence-electron chi connectivity index (χ4n) is 10.7. The van der Waals surface area contributed by atoms with Crippen molar-refractivity contribution in [3.8, 4) is 0 Å². The molecule has 438 valence electrons. The van der Waals surface area contributed by atoms with Gasteiger partial charge in [0.15, 0.2) is 0 Å². The Bertz CT molecular complexity index is 3070. The lowest BCUT2D eigenvalue weighted by molar-refractivity contribution is -0.929. The number of anilines is 3. The monoisotopic (exact) mass is 1240 g/mol. The number of ether oxygens (including phenoxy) is 3. The van der Waals surface area contributed by atoms with Gasteiger partial charge in [0, 0.05) is 89.0 Å². The van der Waals surface area contributed by atoms with Crippen molar-refractivity contribution < 1.29 is 42.0 Å². The van der Waals surface area contributed by atoms with Crippen LogP contribution in [0.25, 0.3) is 0 Å². The highest BCUT2D eigenvalue weighted by Gasteiger charge is 2.31. The minimum absolute atomic E-state index is 0.207. The number of benzene rings is 6. The highest BCUT2D eigenvalue weighted by Crippen LogP contribution is 2.29. The maximum Gasteiger partial charge on any atom is 0.255 e. The number of amides is 3. The molecular formula is C64H77Cl6N6O6+3. The Balaban J connectivity index is 0.000000177. The van der Waals surface area contributed by atoms with Gasteiger partial charge in [0.05, 0.1) is 98.2 Å². The Hall–Kier alpha value is -4.77. The van der Waals surface area contributed by atoms with Gasteiger partial charge < -0.3 is 43.6 Å². The van der Waals surface area contributed by atoms with Crippen LogP contribution in [0.2, 0.25) is 30.1 Å². The van der Waals surface area contributed by atoms with Gasteiger partial charge in [-0.2, -0.15) is 0 Å². The first-order valence-corrected chi connectivity index (χ1v) is 30.1. The van der Waals surface area contributed by atoms with Crippen molar-refractivity contribution in [3.63, 3.8) is 0 Å². The minimum atomic E-state index is -0.212. The van der Waals surface area contributed by atoms with Crippen molar-refractivity contribution in [2.24, 2.45) is 5.92 Å². The summed E-state index contributed by atoms with van der Waals surface area (Å²) in [5.74, 6) is 0.103. The van der Waals surface area contributed by atoms with E-state index in [4.69, 9.17) is 83.8 Å². The fourth-order valence-corrected chi connectivity index (χ4v) is 11.6. The zero-order valence-corrected chi connectivity index (χ0v) is 52.3. The van der Waals surface area contributed by atoms with Crippen LogP contribution in [-0.4, -0.2) is 132 Å². The highest BCUT2D eigenvalue weighted by atomic mass is 35.5. The van der Waals surface area contributed by atoms with Crippen molar-refractivity contribution in [3.05, 3.63) is 191 Å². The number of rotatable bonds is 17. The van der Waals surface area contributed by atoms with Gasteiger partial charge in [-0.25, -0.2) is 0 Å². The Morgan fingerprint density at radius 1 is 0.427 bits per heavy atom. The lowest BCUT2D eigenvalue weighted by Gasteiger charge is -2.40. The van der Waals surface area contributed by atoms with Crippen LogP contribution in [0.3, 0.4) is 0 Å². The van der Waals surface area contributed by atoms with Crippen LogP contribution in [0.4, 0.5) is 17.1 Å². The summed E-state index contributed by atoms with van der Waals surface area (Å²) in [5, 5.41) is 11.1. The molecular weight excluding hydrogens is 1160 g/mol. The summed E-state index contributed by atoms with van der Waals surface area (Å²) in [5.41, 5.74) is 7.43. The third-order valence-electron chi connectivity index (χ3n) is 15.0. The Kier molecular flexibility index (Phi) is 24.0. The molecule has 3 aliphatic heterocycles. The van der Waals surface area contributed by atoms with Crippen LogP contribution in [0, 0.1) is 5.92 Å². The molecule has 0 unspecified atom stereocenters. The van der Waals surface area contributed by atoms with E-state index in [-0.39, 0.29) is 17.7 Å². The summed E-state index contributed by atoms with van der Waals surface area (Å²) in [4.78, 5) is 37.1. The molecule has 6 aromatic carbocycles. The predicted molar refractivity (Wildman–Crippen MR) is 336 cm³/mol. The molecule has 3 fully saturated rings. The van der Waals surface area contributed by atoms with E-state index in [2.05, 4.69) is 94.6 Å². The van der Waals surface area contributed by atoms with Crippen LogP contribution in [0.5, 0.6) is 0 Å². The third-order valence-corrected chi connectivity index (χ3v) is 17.2. The number of quaternary nitrogens is 3. The average molecular weight is 1240 g/mol. The van der Waals surface area contributed by atoms with Crippen LogP contribution >= 0.6 is 69.6 Å². The normalized spacial score (nSPS) is 16.0. The van der Waals surface area contributed by atoms with Crippen LogP contribution in [-0.2, 0) is 33.8 Å². The molecule has 12 nitrogen and oxygen atoms in total. The van der Waals surface area contributed by atoms with Crippen LogP contribution in [0.1, 0.15) is 86.3 Å². The Labute approximate surface area is 514 Å². The van der Waals surface area contributed by atoms with Crippen molar-refractivity contribution in [2.75, 3.05) is 104 Å². The molecule has 18 heteroatoms. The molecule has 0 saturated carbocycles. The molecule has 0 bridgehead atoms.